The average Bonchev–Trinajstić information content (AvgIpc) is 2.37. The predicted octanol–water partition coefficient (Wildman–Crippen LogP) is 1.29. The number of rotatable bonds is 4. The van der Waals surface area contributed by atoms with Crippen LogP contribution in [0.2, 0.25) is 5.02 Å². The molecule has 0 radical (unpaired) electrons. The van der Waals surface area contributed by atoms with Gasteiger partial charge in [-0.1, -0.05) is 35.9 Å². The molecule has 0 spiro atoms. The number of ether oxygens (including phenoxy) is 1. The molecule has 106 valence electrons. The summed E-state index contributed by atoms with van der Waals surface area (Å²) in [5.41, 5.74) is 1.20. The Hall–Kier alpha value is 0.0213. The molecule has 0 atom stereocenters. The van der Waals surface area contributed by atoms with Crippen LogP contribution in [0.25, 0.3) is 0 Å². The first-order valence-electron chi connectivity index (χ1n) is 6.04. The van der Waals surface area contributed by atoms with Crippen molar-refractivity contribution >= 4 is 24.0 Å². The Morgan fingerprint density at radius 1 is 1.05 bits per heavy atom. The summed E-state index contributed by atoms with van der Waals surface area (Å²) < 4.78 is 42.8. The molecule has 0 unspecified atom stereocenters. The zero-order chi connectivity index (χ0) is 14.8. The molecule has 1 nitrogen and oxygen atoms in total. The van der Waals surface area contributed by atoms with Crippen molar-refractivity contribution < 1.29 is 69.1 Å². The van der Waals surface area contributed by atoms with Crippen LogP contribution in [-0.4, -0.2) is 6.98 Å². The molecule has 2 rings (SSSR count). The first-order chi connectivity index (χ1) is 9.36. The summed E-state index contributed by atoms with van der Waals surface area (Å²) in [5, 5.41) is 0.584. The molecule has 0 fully saturated rings. The third-order valence-electron chi connectivity index (χ3n) is 2.86. The minimum Gasteiger partial charge on any atom is -0.489 e. The van der Waals surface area contributed by atoms with E-state index in [0.717, 1.165) is 23.3 Å². The van der Waals surface area contributed by atoms with Gasteiger partial charge in [-0.05, 0) is 30.7 Å². The maximum absolute atomic E-state index is 12.5. The zero-order valence-corrected chi connectivity index (χ0v) is 15.6. The number of hydrogen-bond acceptors (Lipinski definition) is 1. The van der Waals surface area contributed by atoms with Crippen molar-refractivity contribution in [2.24, 2.45) is 0 Å². The number of halogens is 4. The van der Waals surface area contributed by atoms with Crippen LogP contribution in [-0.2, 0) is 6.61 Å². The van der Waals surface area contributed by atoms with Gasteiger partial charge in [0.1, 0.15) is 12.4 Å². The van der Waals surface area contributed by atoms with E-state index in [1.54, 1.807) is 0 Å². The van der Waals surface area contributed by atoms with Crippen molar-refractivity contribution in [3.63, 3.8) is 0 Å². The molecule has 0 N–H and O–H groups in total. The number of aryl methyl sites for hydroxylation is 1. The SMILES string of the molecule is Cc1ccc(COc2ccc([B-](F)(F)F)cc2)c(Cl)c1.[K+]. The van der Waals surface area contributed by atoms with E-state index in [9.17, 15) is 12.9 Å². The van der Waals surface area contributed by atoms with Crippen LogP contribution in [0, 0.1) is 6.92 Å². The Labute approximate surface area is 169 Å². The predicted molar refractivity (Wildman–Crippen MR) is 75.7 cm³/mol. The Morgan fingerprint density at radius 2 is 1.67 bits per heavy atom. The van der Waals surface area contributed by atoms with Crippen molar-refractivity contribution in [3.05, 3.63) is 58.6 Å². The van der Waals surface area contributed by atoms with E-state index < -0.39 is 12.4 Å². The molecule has 21 heavy (non-hydrogen) atoms. The van der Waals surface area contributed by atoms with E-state index in [1.165, 1.54) is 12.1 Å². The standard InChI is InChI=1S/C14H12BClF3O.K/c1-10-2-3-11(14(16)8-10)9-20-13-6-4-12(5-7-13)15(17,18)19;/h2-8H,9H2,1H3;/q-1;+1. The second-order valence-corrected chi connectivity index (χ2v) is 4.93. The Bertz CT molecular complexity index is 602. The Balaban J connectivity index is 0.00000220. The number of hydrogen-bond donors (Lipinski definition) is 0. The minimum absolute atomic E-state index is 0. The van der Waals surface area contributed by atoms with Gasteiger partial charge in [0.15, 0.2) is 0 Å². The molecule has 0 saturated heterocycles. The normalized spacial score (nSPS) is 10.9. The summed E-state index contributed by atoms with van der Waals surface area (Å²) in [6.07, 6.45) is 0. The van der Waals surface area contributed by atoms with Crippen LogP contribution < -0.4 is 61.6 Å². The van der Waals surface area contributed by atoms with Gasteiger partial charge in [0.25, 0.3) is 0 Å². The van der Waals surface area contributed by atoms with Crippen LogP contribution in [0.1, 0.15) is 11.1 Å². The van der Waals surface area contributed by atoms with Gasteiger partial charge < -0.3 is 17.7 Å². The molecule has 2 aromatic rings. The summed E-state index contributed by atoms with van der Waals surface area (Å²) in [5.74, 6) is 0.380. The third-order valence-corrected chi connectivity index (χ3v) is 3.21. The van der Waals surface area contributed by atoms with Gasteiger partial charge in [-0.15, -0.1) is 5.46 Å². The smallest absolute Gasteiger partial charge is 0.489 e. The molecule has 0 aliphatic rings. The fourth-order valence-electron chi connectivity index (χ4n) is 1.71. The van der Waals surface area contributed by atoms with Gasteiger partial charge in [-0.3, -0.25) is 0 Å². The van der Waals surface area contributed by atoms with Crippen LogP contribution in [0.5, 0.6) is 5.75 Å². The molecule has 0 aliphatic carbocycles. The second-order valence-electron chi connectivity index (χ2n) is 4.53. The van der Waals surface area contributed by atoms with Crippen molar-refractivity contribution in [2.45, 2.75) is 13.5 Å². The summed E-state index contributed by atoms with van der Waals surface area (Å²) in [4.78, 5) is 0. The molecular formula is C14H12BClF3KO. The largest absolute Gasteiger partial charge is 1.00 e. The fourth-order valence-corrected chi connectivity index (χ4v) is 2.00. The monoisotopic (exact) mass is 338 g/mol. The molecular weight excluding hydrogens is 327 g/mol. The maximum Gasteiger partial charge on any atom is 1.00 e. The molecule has 0 bridgehead atoms. The van der Waals surface area contributed by atoms with E-state index in [2.05, 4.69) is 0 Å². The maximum atomic E-state index is 12.5. The van der Waals surface area contributed by atoms with Gasteiger partial charge in [-0.2, -0.15) is 0 Å². The third kappa shape index (κ3) is 5.62. The van der Waals surface area contributed by atoms with Gasteiger partial charge in [0.2, 0.25) is 0 Å². The van der Waals surface area contributed by atoms with Gasteiger partial charge >= 0.3 is 58.4 Å². The van der Waals surface area contributed by atoms with Crippen LogP contribution in [0.15, 0.2) is 42.5 Å². The first kappa shape index (κ1) is 19.1. The van der Waals surface area contributed by atoms with E-state index in [0.29, 0.717) is 10.8 Å². The quantitative estimate of drug-likeness (QED) is 0.763. The summed E-state index contributed by atoms with van der Waals surface area (Å²) >= 11 is 6.05. The molecule has 0 aromatic heterocycles. The Kier molecular flexibility index (Phi) is 7.30. The molecule has 0 amide bonds. The van der Waals surface area contributed by atoms with Gasteiger partial charge in [-0.25, -0.2) is 0 Å². The van der Waals surface area contributed by atoms with Crippen molar-refractivity contribution in [1.29, 1.82) is 0 Å². The van der Waals surface area contributed by atoms with Crippen LogP contribution in [0.3, 0.4) is 0 Å². The fraction of sp³-hybridized carbons (Fsp3) is 0.143. The van der Waals surface area contributed by atoms with Crippen molar-refractivity contribution in [2.75, 3.05) is 0 Å². The van der Waals surface area contributed by atoms with Gasteiger partial charge in [0, 0.05) is 10.6 Å². The average molecular weight is 339 g/mol. The van der Waals surface area contributed by atoms with E-state index in [1.807, 2.05) is 25.1 Å². The summed E-state index contributed by atoms with van der Waals surface area (Å²) in [6, 6.07) is 10.2. The second kappa shape index (κ2) is 8.04. The topological polar surface area (TPSA) is 9.23 Å². The Morgan fingerprint density at radius 3 is 2.19 bits per heavy atom. The summed E-state index contributed by atoms with van der Waals surface area (Å²) in [7, 11) is 0. The van der Waals surface area contributed by atoms with Crippen molar-refractivity contribution in [1.82, 2.24) is 0 Å². The van der Waals surface area contributed by atoms with Crippen molar-refractivity contribution in [3.8, 4) is 5.75 Å². The molecule has 0 aliphatic heterocycles. The molecule has 7 heteroatoms. The van der Waals surface area contributed by atoms with E-state index in [4.69, 9.17) is 16.3 Å². The van der Waals surface area contributed by atoms with Gasteiger partial charge in [0.05, 0.1) is 0 Å². The first-order valence-corrected chi connectivity index (χ1v) is 6.42. The van der Waals surface area contributed by atoms with E-state index >= 15 is 0 Å². The van der Waals surface area contributed by atoms with Crippen LogP contribution in [0.4, 0.5) is 12.9 Å². The number of benzene rings is 2. The molecule has 2 aromatic carbocycles. The zero-order valence-electron chi connectivity index (χ0n) is 11.7. The molecule has 0 heterocycles. The van der Waals surface area contributed by atoms with Crippen LogP contribution >= 0.6 is 11.6 Å². The summed E-state index contributed by atoms with van der Waals surface area (Å²) in [6.45, 7) is -2.82. The molecule has 0 saturated carbocycles. The van der Waals surface area contributed by atoms with E-state index in [-0.39, 0.29) is 58.0 Å². The minimum atomic E-state index is -4.96.